The molecule has 0 saturated heterocycles. The van der Waals surface area contributed by atoms with Crippen LogP contribution >= 0.6 is 0 Å². The van der Waals surface area contributed by atoms with Crippen molar-refractivity contribution in [2.75, 3.05) is 6.61 Å². The summed E-state index contributed by atoms with van der Waals surface area (Å²) in [6, 6.07) is 0. The quantitative estimate of drug-likeness (QED) is 0.127. The highest BCUT2D eigenvalue weighted by molar-refractivity contribution is 5.81. The maximum Gasteiger partial charge on any atom is 0.309 e. The molecule has 1 saturated carbocycles. The number of unbranched alkanes of at least 4 members (excludes halogenated alkanes) is 13. The van der Waals surface area contributed by atoms with Crippen LogP contribution in [0.15, 0.2) is 12.2 Å². The van der Waals surface area contributed by atoms with Gasteiger partial charge in [-0.25, -0.2) is 0 Å². The highest BCUT2D eigenvalue weighted by Crippen LogP contribution is 2.31. The summed E-state index contributed by atoms with van der Waals surface area (Å²) in [5.74, 6) is -2.13. The Morgan fingerprint density at radius 1 is 0.742 bits per heavy atom. The van der Waals surface area contributed by atoms with Crippen molar-refractivity contribution >= 4 is 11.9 Å². The van der Waals surface area contributed by atoms with Crippen molar-refractivity contribution in [1.29, 1.82) is 0 Å². The molecule has 31 heavy (non-hydrogen) atoms. The number of carboxylic acid groups (broad SMARTS) is 1. The number of allylic oxidation sites excluding steroid dienone is 2. The Balaban J connectivity index is 1.85. The van der Waals surface area contributed by atoms with Gasteiger partial charge >= 0.3 is 11.9 Å². The number of rotatable bonds is 19. The van der Waals surface area contributed by atoms with Gasteiger partial charge in [-0.2, -0.15) is 0 Å². The van der Waals surface area contributed by atoms with Crippen molar-refractivity contribution in [3.8, 4) is 0 Å². The van der Waals surface area contributed by atoms with Crippen LogP contribution in [0.5, 0.6) is 0 Å². The van der Waals surface area contributed by atoms with Gasteiger partial charge in [0.1, 0.15) is 0 Å². The van der Waals surface area contributed by atoms with E-state index in [0.717, 1.165) is 25.7 Å². The Hall–Kier alpha value is -1.32. The van der Waals surface area contributed by atoms with Crippen LogP contribution in [-0.4, -0.2) is 23.7 Å². The lowest BCUT2D eigenvalue weighted by Crippen LogP contribution is -2.33. The average molecular weight is 437 g/mol. The van der Waals surface area contributed by atoms with E-state index in [2.05, 4.69) is 19.1 Å². The van der Waals surface area contributed by atoms with Crippen molar-refractivity contribution in [2.45, 2.75) is 129 Å². The molecule has 0 bridgehead atoms. The Morgan fingerprint density at radius 3 is 1.77 bits per heavy atom. The molecule has 0 aromatic carbocycles. The minimum atomic E-state index is -0.850. The smallest absolute Gasteiger partial charge is 0.309 e. The van der Waals surface area contributed by atoms with Crippen molar-refractivity contribution in [3.63, 3.8) is 0 Å². The summed E-state index contributed by atoms with van der Waals surface area (Å²) in [4.78, 5) is 23.5. The van der Waals surface area contributed by atoms with Gasteiger partial charge < -0.3 is 9.84 Å². The number of hydrogen-bond acceptors (Lipinski definition) is 3. The summed E-state index contributed by atoms with van der Waals surface area (Å²) in [6.07, 6.45) is 26.8. The van der Waals surface area contributed by atoms with Gasteiger partial charge in [0.15, 0.2) is 0 Å². The Kier molecular flexibility index (Phi) is 17.3. The second kappa shape index (κ2) is 19.4. The van der Waals surface area contributed by atoms with Crippen LogP contribution in [0.4, 0.5) is 0 Å². The fourth-order valence-electron chi connectivity index (χ4n) is 4.50. The number of hydrogen-bond donors (Lipinski definition) is 1. The van der Waals surface area contributed by atoms with Crippen LogP contribution in [0, 0.1) is 11.8 Å². The lowest BCUT2D eigenvalue weighted by molar-refractivity contribution is -0.159. The van der Waals surface area contributed by atoms with E-state index in [4.69, 9.17) is 4.74 Å². The van der Waals surface area contributed by atoms with E-state index in [0.29, 0.717) is 19.4 Å². The summed E-state index contributed by atoms with van der Waals surface area (Å²) in [7, 11) is 0. The molecule has 1 aliphatic rings. The Labute approximate surface area is 191 Å². The molecule has 0 spiro atoms. The molecule has 1 aliphatic carbocycles. The molecule has 0 aromatic heterocycles. The van der Waals surface area contributed by atoms with Crippen LogP contribution in [0.1, 0.15) is 129 Å². The van der Waals surface area contributed by atoms with Crippen LogP contribution in [-0.2, 0) is 14.3 Å². The summed E-state index contributed by atoms with van der Waals surface area (Å²) in [5.41, 5.74) is 0. The summed E-state index contributed by atoms with van der Waals surface area (Å²) in [5, 5.41) is 9.27. The average Bonchev–Trinajstić information content (AvgIpc) is 2.78. The van der Waals surface area contributed by atoms with E-state index in [1.54, 1.807) is 0 Å². The number of aliphatic carboxylic acids is 1. The Bertz CT molecular complexity index is 486. The van der Waals surface area contributed by atoms with E-state index in [9.17, 15) is 14.7 Å². The van der Waals surface area contributed by atoms with Gasteiger partial charge in [-0.1, -0.05) is 103 Å². The van der Waals surface area contributed by atoms with E-state index in [-0.39, 0.29) is 5.97 Å². The molecule has 0 aliphatic heterocycles. The second-order valence-corrected chi connectivity index (χ2v) is 9.29. The molecule has 0 heterocycles. The van der Waals surface area contributed by atoms with Crippen molar-refractivity contribution < 1.29 is 19.4 Å². The largest absolute Gasteiger partial charge is 0.481 e. The lowest BCUT2D eigenvalue weighted by atomic mass is 9.79. The molecule has 2 unspecified atom stereocenters. The number of carbonyl (C=O) groups excluding carboxylic acids is 1. The zero-order valence-electron chi connectivity index (χ0n) is 20.1. The lowest BCUT2D eigenvalue weighted by Gasteiger charge is -2.26. The normalized spacial score (nSPS) is 19.0. The fourth-order valence-corrected chi connectivity index (χ4v) is 4.50. The molecular formula is C27H48O4. The van der Waals surface area contributed by atoms with Crippen LogP contribution in [0.25, 0.3) is 0 Å². The molecule has 0 radical (unpaired) electrons. The first-order chi connectivity index (χ1) is 15.2. The maximum absolute atomic E-state index is 12.2. The summed E-state index contributed by atoms with van der Waals surface area (Å²) >= 11 is 0. The third-order valence-corrected chi connectivity index (χ3v) is 6.54. The molecule has 1 fully saturated rings. The third kappa shape index (κ3) is 14.4. The van der Waals surface area contributed by atoms with Crippen molar-refractivity contribution in [3.05, 3.63) is 12.2 Å². The van der Waals surface area contributed by atoms with Crippen LogP contribution in [0.3, 0.4) is 0 Å². The van der Waals surface area contributed by atoms with Gasteiger partial charge in [0.25, 0.3) is 0 Å². The van der Waals surface area contributed by atoms with Gasteiger partial charge in [-0.3, -0.25) is 9.59 Å². The van der Waals surface area contributed by atoms with E-state index < -0.39 is 17.8 Å². The first-order valence-electron chi connectivity index (χ1n) is 13.2. The van der Waals surface area contributed by atoms with Crippen LogP contribution in [0.2, 0.25) is 0 Å². The zero-order valence-corrected chi connectivity index (χ0v) is 20.1. The summed E-state index contributed by atoms with van der Waals surface area (Å²) in [6.45, 7) is 2.68. The third-order valence-electron chi connectivity index (χ3n) is 6.54. The molecule has 180 valence electrons. The zero-order chi connectivity index (χ0) is 22.6. The van der Waals surface area contributed by atoms with Gasteiger partial charge in [0.05, 0.1) is 18.4 Å². The number of carboxylic acids is 1. The number of carbonyl (C=O) groups is 2. The fraction of sp³-hybridized carbons (Fsp3) is 0.852. The molecule has 0 amide bonds. The molecule has 0 aromatic rings. The van der Waals surface area contributed by atoms with Crippen molar-refractivity contribution in [2.24, 2.45) is 11.8 Å². The first-order valence-corrected chi connectivity index (χ1v) is 13.2. The van der Waals surface area contributed by atoms with E-state index in [1.807, 2.05) is 0 Å². The molecule has 4 heteroatoms. The SMILES string of the molecule is CCCC/C=C/CCCCCCCCCCCCCOC(=O)C1CCCCC1C(=O)O. The number of ether oxygens (including phenoxy) is 1. The van der Waals surface area contributed by atoms with E-state index in [1.165, 1.54) is 83.5 Å². The maximum atomic E-state index is 12.2. The molecule has 4 nitrogen and oxygen atoms in total. The van der Waals surface area contributed by atoms with Gasteiger partial charge in [0, 0.05) is 0 Å². The second-order valence-electron chi connectivity index (χ2n) is 9.29. The molecule has 1 N–H and O–H groups in total. The van der Waals surface area contributed by atoms with Gasteiger partial charge in [-0.05, 0) is 38.5 Å². The highest BCUT2D eigenvalue weighted by Gasteiger charge is 2.36. The Morgan fingerprint density at radius 2 is 1.23 bits per heavy atom. The van der Waals surface area contributed by atoms with Gasteiger partial charge in [0.2, 0.25) is 0 Å². The van der Waals surface area contributed by atoms with E-state index >= 15 is 0 Å². The summed E-state index contributed by atoms with van der Waals surface area (Å²) < 4.78 is 5.38. The molecule has 2 atom stereocenters. The monoisotopic (exact) mass is 436 g/mol. The first kappa shape index (κ1) is 27.7. The predicted molar refractivity (Wildman–Crippen MR) is 128 cm³/mol. The standard InChI is InChI=1S/C27H48O4/c1-2-3-4-5-6-7-8-9-10-11-12-13-14-15-16-17-20-23-31-27(30)25-22-19-18-21-24(25)26(28)29/h5-6,24-25H,2-4,7-23H2,1H3,(H,28,29)/b6-5+. The minimum Gasteiger partial charge on any atom is -0.481 e. The highest BCUT2D eigenvalue weighted by atomic mass is 16.5. The van der Waals surface area contributed by atoms with Crippen LogP contribution < -0.4 is 0 Å². The predicted octanol–water partition coefficient (Wildman–Crippen LogP) is 7.85. The van der Waals surface area contributed by atoms with Crippen molar-refractivity contribution in [1.82, 2.24) is 0 Å². The molecular weight excluding hydrogens is 388 g/mol. The minimum absolute atomic E-state index is 0.292. The van der Waals surface area contributed by atoms with Gasteiger partial charge in [-0.15, -0.1) is 0 Å². The molecule has 1 rings (SSSR count). The topological polar surface area (TPSA) is 63.6 Å². The number of esters is 1.